The summed E-state index contributed by atoms with van der Waals surface area (Å²) in [6.07, 6.45) is 6.47. The first-order chi connectivity index (χ1) is 13.0. The van der Waals surface area contributed by atoms with Crippen molar-refractivity contribution in [2.45, 2.75) is 6.54 Å². The van der Waals surface area contributed by atoms with E-state index in [-0.39, 0.29) is 12.1 Å². The summed E-state index contributed by atoms with van der Waals surface area (Å²) in [7, 11) is 0. The number of pyridine rings is 1. The molecule has 3 rings (SSSR count). The van der Waals surface area contributed by atoms with E-state index in [2.05, 4.69) is 20.7 Å². The summed E-state index contributed by atoms with van der Waals surface area (Å²) in [5, 5.41) is 9.02. The van der Waals surface area contributed by atoms with E-state index in [0.717, 1.165) is 17.7 Å². The van der Waals surface area contributed by atoms with Gasteiger partial charge in [-0.1, -0.05) is 0 Å². The van der Waals surface area contributed by atoms with Gasteiger partial charge in [0.2, 0.25) is 5.91 Å². The Hall–Kier alpha value is -3.62. The number of carbonyl (C=O) groups is 2. The number of hydrogen-bond acceptors (Lipinski definition) is 4. The molecule has 2 aromatic heterocycles. The molecule has 3 aromatic rings. The van der Waals surface area contributed by atoms with Gasteiger partial charge in [0, 0.05) is 30.2 Å². The molecule has 27 heavy (non-hydrogen) atoms. The molecule has 0 fully saturated rings. The third kappa shape index (κ3) is 5.18. The summed E-state index contributed by atoms with van der Waals surface area (Å²) in [6, 6.07) is 6.14. The molecule has 0 bridgehead atoms. The van der Waals surface area contributed by atoms with Crippen molar-refractivity contribution in [1.82, 2.24) is 20.1 Å². The predicted molar refractivity (Wildman–Crippen MR) is 92.9 cm³/mol. The number of hydrogen-bond donors (Lipinski definition) is 2. The van der Waals surface area contributed by atoms with Gasteiger partial charge in [0.05, 0.1) is 25.0 Å². The number of nitrogens with zero attached hydrogens (tertiary/aromatic N) is 3. The van der Waals surface area contributed by atoms with Gasteiger partial charge in [-0.05, 0) is 29.8 Å². The van der Waals surface area contributed by atoms with Crippen molar-refractivity contribution < 1.29 is 18.4 Å². The van der Waals surface area contributed by atoms with Crippen LogP contribution in [0.1, 0.15) is 15.9 Å². The first-order valence-electron chi connectivity index (χ1n) is 7.95. The molecule has 0 aliphatic heterocycles. The highest BCUT2D eigenvalue weighted by Gasteiger charge is 2.11. The van der Waals surface area contributed by atoms with E-state index in [1.54, 1.807) is 23.3 Å². The molecule has 1 aromatic carbocycles. The maximum atomic E-state index is 13.1. The summed E-state index contributed by atoms with van der Waals surface area (Å²) in [4.78, 5) is 27.7. The second kappa shape index (κ2) is 8.17. The lowest BCUT2D eigenvalue weighted by molar-refractivity contribution is -0.115. The van der Waals surface area contributed by atoms with Crippen molar-refractivity contribution in [3.63, 3.8) is 0 Å². The van der Waals surface area contributed by atoms with Crippen LogP contribution < -0.4 is 10.6 Å². The molecular weight excluding hydrogens is 356 g/mol. The molecule has 0 aliphatic carbocycles. The van der Waals surface area contributed by atoms with E-state index in [1.807, 2.05) is 12.1 Å². The molecule has 138 valence electrons. The number of halogens is 2. The fourth-order valence-corrected chi connectivity index (χ4v) is 2.34. The van der Waals surface area contributed by atoms with Crippen LogP contribution in [0.25, 0.3) is 0 Å². The molecule has 0 radical (unpaired) electrons. The van der Waals surface area contributed by atoms with E-state index >= 15 is 0 Å². The summed E-state index contributed by atoms with van der Waals surface area (Å²) in [5.41, 5.74) is 1.26. The van der Waals surface area contributed by atoms with Crippen molar-refractivity contribution in [2.24, 2.45) is 0 Å². The van der Waals surface area contributed by atoms with E-state index in [4.69, 9.17) is 0 Å². The van der Waals surface area contributed by atoms with Gasteiger partial charge in [-0.2, -0.15) is 5.10 Å². The van der Waals surface area contributed by atoms with Crippen molar-refractivity contribution in [2.75, 3.05) is 11.9 Å². The molecule has 0 aliphatic rings. The summed E-state index contributed by atoms with van der Waals surface area (Å²) >= 11 is 0. The molecule has 2 heterocycles. The third-order valence-corrected chi connectivity index (χ3v) is 3.55. The van der Waals surface area contributed by atoms with Crippen LogP contribution in [0.15, 0.2) is 55.1 Å². The molecule has 0 saturated heterocycles. The Morgan fingerprint density at radius 3 is 2.48 bits per heavy atom. The predicted octanol–water partition coefficient (Wildman–Crippen LogP) is 1.97. The van der Waals surface area contributed by atoms with Crippen LogP contribution in [0.3, 0.4) is 0 Å². The monoisotopic (exact) mass is 371 g/mol. The molecule has 0 unspecified atom stereocenters. The lowest BCUT2D eigenvalue weighted by atomic mass is 10.2. The van der Waals surface area contributed by atoms with Crippen LogP contribution in [0.2, 0.25) is 0 Å². The van der Waals surface area contributed by atoms with E-state index in [0.29, 0.717) is 18.3 Å². The van der Waals surface area contributed by atoms with Crippen LogP contribution in [0.4, 0.5) is 14.5 Å². The number of benzene rings is 1. The number of carbonyl (C=O) groups excluding carboxylic acids is 2. The molecule has 7 nitrogen and oxygen atoms in total. The van der Waals surface area contributed by atoms with E-state index in [9.17, 15) is 18.4 Å². The first kappa shape index (κ1) is 18.2. The minimum absolute atomic E-state index is 0.203. The Kier molecular flexibility index (Phi) is 5.50. The zero-order chi connectivity index (χ0) is 19.2. The first-order valence-corrected chi connectivity index (χ1v) is 7.95. The standard InChI is InChI=1S/C18H15F2N5O2/c19-14-5-13(6-15(20)7-14)18(27)22-9-17(26)24-16-8-23-25(11-16)10-12-1-3-21-4-2-12/h1-8,11H,9-10H2,(H,22,27)(H,24,26). The highest BCUT2D eigenvalue weighted by atomic mass is 19.1. The number of amides is 2. The van der Waals surface area contributed by atoms with E-state index in [1.165, 1.54) is 6.20 Å². The normalized spacial score (nSPS) is 10.4. The Bertz CT molecular complexity index is 939. The van der Waals surface area contributed by atoms with Crippen LogP contribution >= 0.6 is 0 Å². The molecule has 0 spiro atoms. The smallest absolute Gasteiger partial charge is 0.251 e. The topological polar surface area (TPSA) is 88.9 Å². The Labute approximate surface area is 153 Å². The SMILES string of the molecule is O=C(CNC(=O)c1cc(F)cc(F)c1)Nc1cnn(Cc2ccncc2)c1. The molecule has 9 heteroatoms. The maximum absolute atomic E-state index is 13.1. The summed E-state index contributed by atoms with van der Waals surface area (Å²) in [6.45, 7) is 0.159. The van der Waals surface area contributed by atoms with Gasteiger partial charge in [-0.3, -0.25) is 19.3 Å². The van der Waals surface area contributed by atoms with Gasteiger partial charge in [0.15, 0.2) is 0 Å². The average Bonchev–Trinajstić information content (AvgIpc) is 3.06. The zero-order valence-corrected chi connectivity index (χ0v) is 14.0. The Morgan fingerprint density at radius 1 is 1.07 bits per heavy atom. The van der Waals surface area contributed by atoms with Gasteiger partial charge < -0.3 is 10.6 Å². The largest absolute Gasteiger partial charge is 0.343 e. The third-order valence-electron chi connectivity index (χ3n) is 3.55. The number of nitrogens with one attached hydrogen (secondary N) is 2. The second-order valence-corrected chi connectivity index (χ2v) is 5.67. The minimum atomic E-state index is -0.869. The van der Waals surface area contributed by atoms with Crippen molar-refractivity contribution >= 4 is 17.5 Å². The summed E-state index contributed by atoms with van der Waals surface area (Å²) in [5.74, 6) is -2.99. The van der Waals surface area contributed by atoms with Gasteiger partial charge in [-0.15, -0.1) is 0 Å². The molecule has 2 amide bonds. The van der Waals surface area contributed by atoms with Gasteiger partial charge in [0.1, 0.15) is 11.6 Å². The minimum Gasteiger partial charge on any atom is -0.343 e. The van der Waals surface area contributed by atoms with Crippen molar-refractivity contribution in [1.29, 1.82) is 0 Å². The van der Waals surface area contributed by atoms with Gasteiger partial charge in [0.25, 0.3) is 5.91 Å². The molecule has 0 saturated carbocycles. The van der Waals surface area contributed by atoms with Crippen molar-refractivity contribution in [3.05, 3.63) is 77.9 Å². The quantitative estimate of drug-likeness (QED) is 0.693. The lowest BCUT2D eigenvalue weighted by Crippen LogP contribution is -2.32. The molecule has 2 N–H and O–H groups in total. The van der Waals surface area contributed by atoms with Crippen molar-refractivity contribution in [3.8, 4) is 0 Å². The maximum Gasteiger partial charge on any atom is 0.251 e. The Balaban J connectivity index is 1.51. The van der Waals surface area contributed by atoms with E-state index < -0.39 is 23.4 Å². The van der Waals surface area contributed by atoms with Crippen LogP contribution in [0, 0.1) is 11.6 Å². The van der Waals surface area contributed by atoms with Crippen LogP contribution in [-0.2, 0) is 11.3 Å². The summed E-state index contributed by atoms with van der Waals surface area (Å²) < 4.78 is 27.9. The van der Waals surface area contributed by atoms with Gasteiger partial charge >= 0.3 is 0 Å². The highest BCUT2D eigenvalue weighted by molar-refractivity contribution is 5.99. The second-order valence-electron chi connectivity index (χ2n) is 5.67. The average molecular weight is 371 g/mol. The lowest BCUT2D eigenvalue weighted by Gasteiger charge is -2.06. The number of aromatic nitrogens is 3. The van der Waals surface area contributed by atoms with Crippen LogP contribution in [-0.4, -0.2) is 33.1 Å². The fourth-order valence-electron chi connectivity index (χ4n) is 2.34. The van der Waals surface area contributed by atoms with Gasteiger partial charge in [-0.25, -0.2) is 8.78 Å². The highest BCUT2D eigenvalue weighted by Crippen LogP contribution is 2.09. The molecule has 0 atom stereocenters. The Morgan fingerprint density at radius 2 is 1.78 bits per heavy atom. The fraction of sp³-hybridized carbons (Fsp3) is 0.111. The number of rotatable bonds is 6. The molecular formula is C18H15F2N5O2. The van der Waals surface area contributed by atoms with Crippen LogP contribution in [0.5, 0.6) is 0 Å². The number of anilines is 1. The zero-order valence-electron chi connectivity index (χ0n) is 14.0.